The first-order valence-corrected chi connectivity index (χ1v) is 7.94. The molecule has 0 radical (unpaired) electrons. The minimum atomic E-state index is -0.775. The summed E-state index contributed by atoms with van der Waals surface area (Å²) < 4.78 is 0. The summed E-state index contributed by atoms with van der Waals surface area (Å²) in [5.74, 6) is -0.226. The molecule has 5 nitrogen and oxygen atoms in total. The summed E-state index contributed by atoms with van der Waals surface area (Å²) >= 11 is 7.14. The van der Waals surface area contributed by atoms with E-state index < -0.39 is 6.10 Å². The van der Waals surface area contributed by atoms with Crippen LogP contribution in [0, 0.1) is 6.92 Å². The van der Waals surface area contributed by atoms with Gasteiger partial charge in [0.25, 0.3) is 5.91 Å². The van der Waals surface area contributed by atoms with Gasteiger partial charge in [-0.3, -0.25) is 4.79 Å². The molecule has 1 aromatic heterocycles. The minimum absolute atomic E-state index is 0.134. The van der Waals surface area contributed by atoms with Gasteiger partial charge in [0.1, 0.15) is 4.88 Å². The number of anilines is 1. The number of hydrogen-bond acceptors (Lipinski definition) is 5. The standard InChI is InChI=1S/C15H18ClN3O2S/c1-9-13(22-15(18-9)19(2)3)14(21)17-8-12(20)10-4-6-11(16)7-5-10/h4-7,12,20H,8H2,1-3H3,(H,17,21). The predicted molar refractivity (Wildman–Crippen MR) is 89.9 cm³/mol. The van der Waals surface area contributed by atoms with E-state index in [0.717, 1.165) is 5.13 Å². The Bertz CT molecular complexity index is 655. The highest BCUT2D eigenvalue weighted by molar-refractivity contribution is 7.17. The molecule has 0 bridgehead atoms. The second kappa shape index (κ2) is 7.09. The maximum Gasteiger partial charge on any atom is 0.263 e. The molecule has 1 aromatic carbocycles. The Morgan fingerprint density at radius 1 is 1.41 bits per heavy atom. The summed E-state index contributed by atoms with van der Waals surface area (Å²) in [6.45, 7) is 1.93. The number of halogens is 1. The van der Waals surface area contributed by atoms with Crippen molar-refractivity contribution in [3.8, 4) is 0 Å². The largest absolute Gasteiger partial charge is 0.387 e. The Morgan fingerprint density at radius 3 is 2.59 bits per heavy atom. The lowest BCUT2D eigenvalue weighted by Gasteiger charge is -2.12. The molecule has 2 rings (SSSR count). The topological polar surface area (TPSA) is 65.5 Å². The maximum atomic E-state index is 12.2. The first kappa shape index (κ1) is 16.7. The molecular weight excluding hydrogens is 322 g/mol. The average Bonchev–Trinajstić information content (AvgIpc) is 2.87. The fraction of sp³-hybridized carbons (Fsp3) is 0.333. The lowest BCUT2D eigenvalue weighted by molar-refractivity contribution is 0.0919. The molecule has 22 heavy (non-hydrogen) atoms. The SMILES string of the molecule is Cc1nc(N(C)C)sc1C(=O)NCC(O)c1ccc(Cl)cc1. The monoisotopic (exact) mass is 339 g/mol. The molecule has 1 amide bonds. The Hall–Kier alpha value is -1.63. The second-order valence-corrected chi connectivity index (χ2v) is 6.50. The number of carbonyl (C=O) groups is 1. The van der Waals surface area contributed by atoms with Gasteiger partial charge in [0, 0.05) is 25.7 Å². The summed E-state index contributed by atoms with van der Waals surface area (Å²) in [4.78, 5) is 19.0. The zero-order chi connectivity index (χ0) is 16.3. The second-order valence-electron chi connectivity index (χ2n) is 5.08. The Balaban J connectivity index is 1.99. The highest BCUT2D eigenvalue weighted by Gasteiger charge is 2.17. The van der Waals surface area contributed by atoms with E-state index >= 15 is 0 Å². The van der Waals surface area contributed by atoms with Gasteiger partial charge < -0.3 is 15.3 Å². The number of nitrogens with one attached hydrogen (secondary N) is 1. The molecule has 0 spiro atoms. The zero-order valence-corrected chi connectivity index (χ0v) is 14.2. The Kier molecular flexibility index (Phi) is 5.39. The van der Waals surface area contributed by atoms with Crippen LogP contribution in [0.5, 0.6) is 0 Å². The quantitative estimate of drug-likeness (QED) is 0.879. The number of rotatable bonds is 5. The molecule has 2 aromatic rings. The van der Waals surface area contributed by atoms with Crippen molar-refractivity contribution in [2.45, 2.75) is 13.0 Å². The van der Waals surface area contributed by atoms with Crippen LogP contribution in [0.3, 0.4) is 0 Å². The number of aliphatic hydroxyl groups excluding tert-OH is 1. The molecule has 2 N–H and O–H groups in total. The van der Waals surface area contributed by atoms with Crippen LogP contribution in [-0.2, 0) is 0 Å². The Morgan fingerprint density at radius 2 is 2.05 bits per heavy atom. The van der Waals surface area contributed by atoms with Crippen LogP contribution in [0.2, 0.25) is 5.02 Å². The molecular formula is C15H18ClN3O2S. The van der Waals surface area contributed by atoms with Crippen molar-refractivity contribution in [1.29, 1.82) is 0 Å². The van der Waals surface area contributed by atoms with E-state index in [2.05, 4.69) is 10.3 Å². The minimum Gasteiger partial charge on any atom is -0.387 e. The van der Waals surface area contributed by atoms with Crippen molar-refractivity contribution in [2.75, 3.05) is 25.5 Å². The number of hydrogen-bond donors (Lipinski definition) is 2. The fourth-order valence-corrected chi connectivity index (χ4v) is 2.89. The summed E-state index contributed by atoms with van der Waals surface area (Å²) in [5, 5.41) is 14.2. The van der Waals surface area contributed by atoms with Gasteiger partial charge in [-0.15, -0.1) is 0 Å². The maximum absolute atomic E-state index is 12.2. The molecule has 0 saturated heterocycles. The van der Waals surface area contributed by atoms with E-state index in [9.17, 15) is 9.90 Å². The number of thiazole rings is 1. The van der Waals surface area contributed by atoms with E-state index in [4.69, 9.17) is 11.6 Å². The van der Waals surface area contributed by atoms with Crippen molar-refractivity contribution < 1.29 is 9.90 Å². The highest BCUT2D eigenvalue weighted by atomic mass is 35.5. The van der Waals surface area contributed by atoms with Crippen LogP contribution < -0.4 is 10.2 Å². The van der Waals surface area contributed by atoms with Crippen molar-refractivity contribution in [3.63, 3.8) is 0 Å². The van der Waals surface area contributed by atoms with Crippen LogP contribution in [0.25, 0.3) is 0 Å². The van der Waals surface area contributed by atoms with E-state index in [-0.39, 0.29) is 12.5 Å². The van der Waals surface area contributed by atoms with Gasteiger partial charge in [-0.2, -0.15) is 0 Å². The van der Waals surface area contributed by atoms with E-state index in [0.29, 0.717) is 21.2 Å². The summed E-state index contributed by atoms with van der Waals surface area (Å²) in [7, 11) is 3.76. The highest BCUT2D eigenvalue weighted by Crippen LogP contribution is 2.24. The van der Waals surface area contributed by atoms with Gasteiger partial charge in [0.2, 0.25) is 0 Å². The normalized spacial score (nSPS) is 12.0. The molecule has 0 aliphatic carbocycles. The molecule has 7 heteroatoms. The van der Waals surface area contributed by atoms with Crippen LogP contribution >= 0.6 is 22.9 Å². The molecule has 1 atom stereocenters. The molecule has 0 saturated carbocycles. The van der Waals surface area contributed by atoms with Crippen LogP contribution in [-0.4, -0.2) is 36.6 Å². The summed E-state index contributed by atoms with van der Waals surface area (Å²) in [5.41, 5.74) is 1.40. The van der Waals surface area contributed by atoms with Gasteiger partial charge in [-0.1, -0.05) is 35.1 Å². The number of benzene rings is 1. The van der Waals surface area contributed by atoms with Crippen molar-refractivity contribution in [1.82, 2.24) is 10.3 Å². The van der Waals surface area contributed by atoms with Crippen LogP contribution in [0.15, 0.2) is 24.3 Å². The third-order valence-corrected chi connectivity index (χ3v) is 4.66. The number of nitrogens with zero attached hydrogens (tertiary/aromatic N) is 2. The number of aryl methyl sites for hydroxylation is 1. The van der Waals surface area contributed by atoms with Gasteiger partial charge in [-0.25, -0.2) is 4.98 Å². The first-order chi connectivity index (χ1) is 10.4. The smallest absolute Gasteiger partial charge is 0.263 e. The molecule has 0 fully saturated rings. The molecule has 0 aliphatic heterocycles. The van der Waals surface area contributed by atoms with Crippen molar-refractivity contribution in [2.24, 2.45) is 0 Å². The van der Waals surface area contributed by atoms with Gasteiger partial charge >= 0.3 is 0 Å². The molecule has 1 heterocycles. The fourth-order valence-electron chi connectivity index (χ4n) is 1.86. The first-order valence-electron chi connectivity index (χ1n) is 6.75. The lowest BCUT2D eigenvalue weighted by atomic mass is 10.1. The number of amides is 1. The average molecular weight is 340 g/mol. The van der Waals surface area contributed by atoms with Gasteiger partial charge in [0.15, 0.2) is 5.13 Å². The molecule has 1 unspecified atom stereocenters. The molecule has 0 aliphatic rings. The number of carbonyl (C=O) groups excluding carboxylic acids is 1. The van der Waals surface area contributed by atoms with Gasteiger partial charge in [0.05, 0.1) is 11.8 Å². The van der Waals surface area contributed by atoms with Crippen LogP contribution in [0.1, 0.15) is 27.0 Å². The van der Waals surface area contributed by atoms with E-state index in [1.165, 1.54) is 11.3 Å². The summed E-state index contributed by atoms with van der Waals surface area (Å²) in [6, 6.07) is 6.89. The number of aliphatic hydroxyl groups is 1. The van der Waals surface area contributed by atoms with Crippen LogP contribution in [0.4, 0.5) is 5.13 Å². The van der Waals surface area contributed by atoms with E-state index in [1.54, 1.807) is 31.2 Å². The summed E-state index contributed by atoms with van der Waals surface area (Å²) in [6.07, 6.45) is -0.775. The molecule has 118 valence electrons. The lowest BCUT2D eigenvalue weighted by Crippen LogP contribution is -2.28. The third-order valence-electron chi connectivity index (χ3n) is 3.08. The number of aromatic nitrogens is 1. The van der Waals surface area contributed by atoms with E-state index in [1.807, 2.05) is 19.0 Å². The predicted octanol–water partition coefficient (Wildman–Crippen LogP) is 2.63. The third kappa shape index (κ3) is 3.97. The van der Waals surface area contributed by atoms with Crippen molar-refractivity contribution in [3.05, 3.63) is 45.4 Å². The van der Waals surface area contributed by atoms with Gasteiger partial charge in [-0.05, 0) is 24.6 Å². The zero-order valence-electron chi connectivity index (χ0n) is 12.6. The Labute approximate surface area is 138 Å². The van der Waals surface area contributed by atoms with Crippen molar-refractivity contribution >= 4 is 34.0 Å².